The summed E-state index contributed by atoms with van der Waals surface area (Å²) in [6, 6.07) is 24.1. The average Bonchev–Trinajstić information content (AvgIpc) is 3.42. The van der Waals surface area contributed by atoms with Crippen LogP contribution in [0.5, 0.6) is 11.5 Å². The van der Waals surface area contributed by atoms with Crippen molar-refractivity contribution in [2.45, 2.75) is 6.92 Å². The summed E-state index contributed by atoms with van der Waals surface area (Å²) in [5.74, 6) is -0.900. The number of carbonyl (C=O) groups is 2. The predicted molar refractivity (Wildman–Crippen MR) is 164 cm³/mol. The number of nitrogens with one attached hydrogen (secondary N) is 2. The van der Waals surface area contributed by atoms with Crippen LogP contribution in [-0.4, -0.2) is 34.6 Å². The monoisotopic (exact) mass is 607 g/mol. The Morgan fingerprint density at radius 1 is 1.07 bits per heavy atom. The summed E-state index contributed by atoms with van der Waals surface area (Å²) in [5, 5.41) is 25.7. The number of halogens is 1. The molecule has 0 bridgehead atoms. The van der Waals surface area contributed by atoms with Gasteiger partial charge in [-0.3, -0.25) is 14.9 Å². The normalized spacial score (nSPS) is 10.8. The minimum atomic E-state index is -0.721. The number of amides is 1. The fraction of sp³-hybridized carbons (Fsp3) is 0.0625. The van der Waals surface area contributed by atoms with Crippen molar-refractivity contribution < 1.29 is 24.0 Å². The fourth-order valence-electron chi connectivity index (χ4n) is 4.48. The van der Waals surface area contributed by atoms with Crippen LogP contribution in [-0.2, 0) is 0 Å². The van der Waals surface area contributed by atoms with Crippen LogP contribution in [0.25, 0.3) is 22.0 Å². The van der Waals surface area contributed by atoms with Gasteiger partial charge in [-0.1, -0.05) is 41.9 Å². The number of nitrogens with zero attached hydrogens (tertiary/aromatic N) is 3. The lowest BCUT2D eigenvalue weighted by atomic mass is 10.0. The summed E-state index contributed by atoms with van der Waals surface area (Å²) in [7, 11) is 0. The molecule has 0 radical (unpaired) electrons. The Kier molecular flexibility index (Phi) is 8.64. The molecule has 0 saturated carbocycles. The van der Waals surface area contributed by atoms with E-state index in [4.69, 9.17) is 21.1 Å². The maximum absolute atomic E-state index is 13.3. The van der Waals surface area contributed by atoms with Gasteiger partial charge < -0.3 is 14.5 Å². The number of benzene rings is 4. The van der Waals surface area contributed by atoms with E-state index in [2.05, 4.69) is 21.6 Å². The second kappa shape index (κ2) is 12.9. The van der Waals surface area contributed by atoms with E-state index >= 15 is 0 Å². The largest absolute Gasteiger partial charge is 0.490 e. The van der Waals surface area contributed by atoms with Crippen LogP contribution < -0.4 is 14.9 Å². The number of ether oxygens (including phenoxy) is 2. The van der Waals surface area contributed by atoms with Crippen molar-refractivity contribution in [2.75, 3.05) is 6.61 Å². The third kappa shape index (κ3) is 6.11. The van der Waals surface area contributed by atoms with Crippen molar-refractivity contribution in [2.24, 2.45) is 5.10 Å². The number of hydrazone groups is 1. The highest BCUT2D eigenvalue weighted by atomic mass is 35.5. The molecule has 0 aliphatic carbocycles. The molecule has 0 fully saturated rings. The fourth-order valence-corrected chi connectivity index (χ4v) is 4.71. The number of nitriles is 1. The summed E-state index contributed by atoms with van der Waals surface area (Å²) >= 11 is 6.48. The van der Waals surface area contributed by atoms with Crippen LogP contribution in [0.4, 0.5) is 5.69 Å². The lowest BCUT2D eigenvalue weighted by Gasteiger charge is -2.11. The van der Waals surface area contributed by atoms with E-state index in [1.807, 2.05) is 0 Å². The molecule has 11 nitrogen and oxygen atoms in total. The lowest BCUT2D eigenvalue weighted by molar-refractivity contribution is -0.384. The predicted octanol–water partition coefficient (Wildman–Crippen LogP) is 6.65. The molecule has 1 aromatic heterocycles. The number of para-hydroxylation sites is 1. The second-order valence-corrected chi connectivity index (χ2v) is 9.63. The molecule has 0 saturated heterocycles. The number of hydrogen-bond acceptors (Lipinski definition) is 8. The molecule has 0 unspecified atom stereocenters. The van der Waals surface area contributed by atoms with Crippen LogP contribution >= 0.6 is 11.6 Å². The average molecular weight is 608 g/mol. The quantitative estimate of drug-likeness (QED) is 0.0623. The number of non-ortho nitro benzene ring substituents is 1. The van der Waals surface area contributed by atoms with E-state index in [0.29, 0.717) is 38.2 Å². The molecule has 2 N–H and O–H groups in total. The van der Waals surface area contributed by atoms with Crippen LogP contribution in [0.3, 0.4) is 0 Å². The number of rotatable bonds is 9. The van der Waals surface area contributed by atoms with Crippen LogP contribution in [0.2, 0.25) is 5.02 Å². The van der Waals surface area contributed by atoms with Gasteiger partial charge in [-0.2, -0.15) is 10.4 Å². The van der Waals surface area contributed by atoms with Crippen LogP contribution in [0, 0.1) is 21.4 Å². The molecule has 44 heavy (non-hydrogen) atoms. The van der Waals surface area contributed by atoms with Crippen LogP contribution in [0.15, 0.2) is 90.0 Å². The van der Waals surface area contributed by atoms with E-state index in [9.17, 15) is 25.0 Å². The molecule has 12 heteroatoms. The van der Waals surface area contributed by atoms with Gasteiger partial charge in [0.1, 0.15) is 11.8 Å². The molecule has 1 heterocycles. The Labute approximate surface area is 255 Å². The Hall–Kier alpha value is -5.99. The topological polar surface area (TPSA) is 160 Å². The summed E-state index contributed by atoms with van der Waals surface area (Å²) in [6.45, 7) is 2.03. The number of aromatic amines is 1. The Morgan fingerprint density at radius 3 is 2.55 bits per heavy atom. The van der Waals surface area contributed by atoms with Crippen molar-refractivity contribution >= 4 is 46.3 Å². The number of aromatic nitrogens is 1. The summed E-state index contributed by atoms with van der Waals surface area (Å²) in [4.78, 5) is 39.3. The number of nitro benzene ring substituents is 1. The van der Waals surface area contributed by atoms with Crippen LogP contribution in [0.1, 0.15) is 38.9 Å². The first-order valence-corrected chi connectivity index (χ1v) is 13.5. The Bertz CT molecular complexity index is 1980. The molecule has 4 aromatic carbocycles. The molecule has 5 rings (SSSR count). The van der Waals surface area contributed by atoms with E-state index in [0.717, 1.165) is 0 Å². The van der Waals surface area contributed by atoms with E-state index < -0.39 is 16.8 Å². The molecule has 1 amide bonds. The second-order valence-electron chi connectivity index (χ2n) is 9.23. The van der Waals surface area contributed by atoms with E-state index in [1.165, 1.54) is 36.5 Å². The zero-order valence-corrected chi connectivity index (χ0v) is 23.8. The molecular weight excluding hydrogens is 586 g/mol. The molecule has 0 spiro atoms. The first-order chi connectivity index (χ1) is 21.3. The highest BCUT2D eigenvalue weighted by Gasteiger charge is 2.22. The summed E-state index contributed by atoms with van der Waals surface area (Å²) in [6.07, 6.45) is 1.39. The molecule has 5 aromatic rings. The summed E-state index contributed by atoms with van der Waals surface area (Å²) < 4.78 is 11.1. The van der Waals surface area contributed by atoms with Gasteiger partial charge >= 0.3 is 5.97 Å². The van der Waals surface area contributed by atoms with Gasteiger partial charge in [0.25, 0.3) is 11.6 Å². The number of carbonyl (C=O) groups excluding carboxylic acids is 2. The minimum absolute atomic E-state index is 0.126. The first kappa shape index (κ1) is 29.5. The highest BCUT2D eigenvalue weighted by molar-refractivity contribution is 6.34. The summed E-state index contributed by atoms with van der Waals surface area (Å²) in [5.41, 5.74) is 5.21. The highest BCUT2D eigenvalue weighted by Crippen LogP contribution is 2.37. The Balaban J connectivity index is 1.38. The number of esters is 1. The molecule has 0 aliphatic heterocycles. The van der Waals surface area contributed by atoms with Crippen molar-refractivity contribution in [3.8, 4) is 28.7 Å². The third-order valence-electron chi connectivity index (χ3n) is 6.49. The van der Waals surface area contributed by atoms with Gasteiger partial charge in [-0.05, 0) is 55.0 Å². The lowest BCUT2D eigenvalue weighted by Crippen LogP contribution is -2.19. The minimum Gasteiger partial charge on any atom is -0.490 e. The van der Waals surface area contributed by atoms with Gasteiger partial charge in [0.2, 0.25) is 0 Å². The third-order valence-corrected chi connectivity index (χ3v) is 6.82. The number of fused-ring (bicyclic) bond motifs is 1. The number of hydrogen-bond donors (Lipinski definition) is 2. The van der Waals surface area contributed by atoms with E-state index in [-0.39, 0.29) is 35.1 Å². The van der Waals surface area contributed by atoms with Crippen molar-refractivity contribution in [1.29, 1.82) is 5.26 Å². The van der Waals surface area contributed by atoms with Gasteiger partial charge in [0.15, 0.2) is 11.5 Å². The van der Waals surface area contributed by atoms with Crippen molar-refractivity contribution in [3.05, 3.63) is 122 Å². The zero-order chi connectivity index (χ0) is 31.2. The maximum atomic E-state index is 13.3. The number of H-pyrrole nitrogens is 1. The Morgan fingerprint density at radius 2 is 1.84 bits per heavy atom. The molecular formula is C32H22ClN5O6. The van der Waals surface area contributed by atoms with Gasteiger partial charge in [0.05, 0.1) is 34.4 Å². The molecule has 0 atom stereocenters. The first-order valence-electron chi connectivity index (χ1n) is 13.2. The van der Waals surface area contributed by atoms with Gasteiger partial charge in [-0.15, -0.1) is 0 Å². The van der Waals surface area contributed by atoms with Gasteiger partial charge in [-0.25, -0.2) is 10.2 Å². The smallest absolute Gasteiger partial charge is 0.343 e. The molecule has 218 valence electrons. The van der Waals surface area contributed by atoms with E-state index in [1.54, 1.807) is 61.5 Å². The van der Waals surface area contributed by atoms with Crippen molar-refractivity contribution in [3.63, 3.8) is 0 Å². The number of nitro groups is 1. The zero-order valence-electron chi connectivity index (χ0n) is 23.0. The molecule has 0 aliphatic rings. The maximum Gasteiger partial charge on any atom is 0.343 e. The standard InChI is InChI=1S/C32H22ClN5O6/c1-2-43-27-16-19(10-15-26(27)44-32(40)20-11-13-22(14-12-20)38(41)42)18-35-37-31(39)30-28(23-7-3-4-9-25(23)33)24-8-5-6-21(17-34)29(24)36-30/h3-16,18,36H,2H2,1H3,(H,37,39). The SMILES string of the molecule is CCOc1cc(C=NNC(=O)c2[nH]c3c(C#N)cccc3c2-c2ccccc2Cl)ccc1OC(=O)c1ccc([N+](=O)[O-])cc1. The van der Waals surface area contributed by atoms with Crippen molar-refractivity contribution in [1.82, 2.24) is 10.4 Å². The van der Waals surface area contributed by atoms with Gasteiger partial charge in [0, 0.05) is 33.7 Å².